The van der Waals surface area contributed by atoms with E-state index >= 15 is 0 Å². The van der Waals surface area contributed by atoms with Crippen molar-refractivity contribution < 1.29 is 14.3 Å². The molecule has 1 atom stereocenters. The van der Waals surface area contributed by atoms with Crippen LogP contribution in [0.25, 0.3) is 0 Å². The molecule has 0 aliphatic carbocycles. The number of aromatic nitrogens is 2. The minimum atomic E-state index is -0.771. The average Bonchev–Trinajstić information content (AvgIpc) is 3.02. The van der Waals surface area contributed by atoms with Gasteiger partial charge in [0.1, 0.15) is 12.6 Å². The first-order chi connectivity index (χ1) is 11.6. The van der Waals surface area contributed by atoms with Crippen molar-refractivity contribution >= 4 is 29.9 Å². The van der Waals surface area contributed by atoms with Gasteiger partial charge in [-0.15, -0.1) is 12.4 Å². The first-order valence-corrected chi connectivity index (χ1v) is 7.49. The summed E-state index contributed by atoms with van der Waals surface area (Å²) < 4.78 is 6.29. The molecule has 9 heteroatoms. The topological polar surface area (TPSA) is 111 Å². The molecule has 2 rings (SSSR count). The molecule has 0 saturated carbocycles. The van der Waals surface area contributed by atoms with Crippen LogP contribution in [0.3, 0.4) is 0 Å². The van der Waals surface area contributed by atoms with Crippen LogP contribution in [0, 0.1) is 0 Å². The highest BCUT2D eigenvalue weighted by Crippen LogP contribution is 2.13. The maximum atomic E-state index is 12.2. The Bertz CT molecular complexity index is 677. The van der Waals surface area contributed by atoms with Gasteiger partial charge in [0.15, 0.2) is 0 Å². The number of rotatable bonds is 8. The predicted molar refractivity (Wildman–Crippen MR) is 96.4 cm³/mol. The summed E-state index contributed by atoms with van der Waals surface area (Å²) in [7, 11) is 1.56. The van der Waals surface area contributed by atoms with Gasteiger partial charge >= 0.3 is 0 Å². The van der Waals surface area contributed by atoms with Crippen LogP contribution in [0.5, 0.6) is 0 Å². The largest absolute Gasteiger partial charge is 0.383 e. The third-order valence-electron chi connectivity index (χ3n) is 3.28. The highest BCUT2D eigenvalue weighted by Gasteiger charge is 2.16. The summed E-state index contributed by atoms with van der Waals surface area (Å²) in [5, 5.41) is 9.42. The number of nitrogens with two attached hydrogens (primary N) is 1. The second-order valence-corrected chi connectivity index (χ2v) is 5.15. The number of anilines is 1. The van der Waals surface area contributed by atoms with Gasteiger partial charge < -0.3 is 21.1 Å². The van der Waals surface area contributed by atoms with E-state index in [4.69, 9.17) is 10.5 Å². The Balaban J connectivity index is 0.00000312. The van der Waals surface area contributed by atoms with E-state index in [9.17, 15) is 9.59 Å². The Morgan fingerprint density at radius 1 is 1.32 bits per heavy atom. The van der Waals surface area contributed by atoms with Gasteiger partial charge in [-0.05, 0) is 5.56 Å². The van der Waals surface area contributed by atoms with Gasteiger partial charge in [-0.2, -0.15) is 5.10 Å². The number of amides is 2. The Hall–Kier alpha value is -2.42. The molecule has 0 saturated heterocycles. The van der Waals surface area contributed by atoms with Gasteiger partial charge in [-0.3, -0.25) is 14.3 Å². The Morgan fingerprint density at radius 3 is 2.72 bits per heavy atom. The SMILES string of the molecule is COCCNC(=O)Cn1cc(NC(=O)C(N)c2ccccc2)cn1.Cl. The van der Waals surface area contributed by atoms with Gasteiger partial charge in [-0.25, -0.2) is 0 Å². The Kier molecular flexibility index (Phi) is 8.62. The third-order valence-corrected chi connectivity index (χ3v) is 3.28. The van der Waals surface area contributed by atoms with Crippen molar-refractivity contribution in [1.82, 2.24) is 15.1 Å². The number of nitrogens with zero attached hydrogens (tertiary/aromatic N) is 2. The van der Waals surface area contributed by atoms with E-state index in [1.54, 1.807) is 25.4 Å². The number of carbonyl (C=O) groups excluding carboxylic acids is 2. The number of hydrogen-bond acceptors (Lipinski definition) is 5. The zero-order valence-electron chi connectivity index (χ0n) is 13.8. The van der Waals surface area contributed by atoms with Crippen molar-refractivity contribution in [3.63, 3.8) is 0 Å². The van der Waals surface area contributed by atoms with E-state index in [0.717, 1.165) is 5.56 Å². The lowest BCUT2D eigenvalue weighted by Crippen LogP contribution is -2.30. The van der Waals surface area contributed by atoms with E-state index in [-0.39, 0.29) is 30.8 Å². The van der Waals surface area contributed by atoms with Crippen molar-refractivity contribution in [3.05, 3.63) is 48.3 Å². The molecule has 0 bridgehead atoms. The van der Waals surface area contributed by atoms with Gasteiger partial charge in [0.2, 0.25) is 11.8 Å². The highest BCUT2D eigenvalue weighted by molar-refractivity contribution is 5.95. The lowest BCUT2D eigenvalue weighted by Gasteiger charge is -2.11. The van der Waals surface area contributed by atoms with Crippen LogP contribution in [0.2, 0.25) is 0 Å². The van der Waals surface area contributed by atoms with Crippen LogP contribution in [-0.4, -0.2) is 41.9 Å². The van der Waals surface area contributed by atoms with Gasteiger partial charge in [0, 0.05) is 19.9 Å². The molecule has 2 aromatic rings. The Morgan fingerprint density at radius 2 is 2.04 bits per heavy atom. The molecular weight excluding hydrogens is 346 g/mol. The normalized spacial score (nSPS) is 11.3. The molecule has 1 aromatic carbocycles. The summed E-state index contributed by atoms with van der Waals surface area (Å²) in [6.07, 6.45) is 3.05. The molecule has 1 heterocycles. The molecule has 0 spiro atoms. The fourth-order valence-electron chi connectivity index (χ4n) is 2.04. The van der Waals surface area contributed by atoms with E-state index in [2.05, 4.69) is 15.7 Å². The summed E-state index contributed by atoms with van der Waals surface area (Å²) >= 11 is 0. The molecular formula is C16H22ClN5O3. The summed E-state index contributed by atoms with van der Waals surface area (Å²) in [4.78, 5) is 23.8. The minimum Gasteiger partial charge on any atom is -0.383 e. The lowest BCUT2D eigenvalue weighted by molar-refractivity contribution is -0.122. The van der Waals surface area contributed by atoms with Crippen LogP contribution in [0.4, 0.5) is 5.69 Å². The maximum Gasteiger partial charge on any atom is 0.245 e. The van der Waals surface area contributed by atoms with Gasteiger partial charge in [0.25, 0.3) is 0 Å². The van der Waals surface area contributed by atoms with E-state index < -0.39 is 6.04 Å². The fourth-order valence-corrected chi connectivity index (χ4v) is 2.04. The number of carbonyl (C=O) groups is 2. The minimum absolute atomic E-state index is 0. The number of ether oxygens (including phenoxy) is 1. The average molecular weight is 368 g/mol. The number of benzene rings is 1. The molecule has 1 aromatic heterocycles. The standard InChI is InChI=1S/C16H21N5O3.ClH/c1-24-8-7-18-14(22)11-21-10-13(9-19-21)20-16(23)15(17)12-5-3-2-4-6-12;/h2-6,9-10,15H,7-8,11,17H2,1H3,(H,18,22)(H,20,23);1H. The molecule has 0 aliphatic rings. The predicted octanol–water partition coefficient (Wildman–Crippen LogP) is 0.706. The Labute approximate surface area is 152 Å². The van der Waals surface area contributed by atoms with Crippen LogP contribution in [0.1, 0.15) is 11.6 Å². The zero-order valence-corrected chi connectivity index (χ0v) is 14.7. The zero-order chi connectivity index (χ0) is 17.4. The van der Waals surface area contributed by atoms with Crippen LogP contribution in [-0.2, 0) is 20.9 Å². The summed E-state index contributed by atoms with van der Waals surface area (Å²) in [5.74, 6) is -0.528. The highest BCUT2D eigenvalue weighted by atomic mass is 35.5. The third kappa shape index (κ3) is 6.54. The number of halogens is 1. The van der Waals surface area contributed by atoms with E-state index in [0.29, 0.717) is 18.8 Å². The molecule has 2 amide bonds. The molecule has 4 N–H and O–H groups in total. The van der Waals surface area contributed by atoms with Crippen molar-refractivity contribution in [1.29, 1.82) is 0 Å². The van der Waals surface area contributed by atoms with Crippen molar-refractivity contribution in [3.8, 4) is 0 Å². The second kappa shape index (κ2) is 10.4. The molecule has 0 radical (unpaired) electrons. The number of hydrogen-bond donors (Lipinski definition) is 3. The summed E-state index contributed by atoms with van der Waals surface area (Å²) in [5.41, 5.74) is 7.13. The van der Waals surface area contributed by atoms with Crippen LogP contribution >= 0.6 is 12.4 Å². The number of methoxy groups -OCH3 is 1. The van der Waals surface area contributed by atoms with Crippen molar-refractivity contribution in [2.45, 2.75) is 12.6 Å². The number of nitrogens with one attached hydrogen (secondary N) is 2. The maximum absolute atomic E-state index is 12.2. The van der Waals surface area contributed by atoms with Crippen LogP contribution in [0.15, 0.2) is 42.7 Å². The van der Waals surface area contributed by atoms with Gasteiger partial charge in [0.05, 0.1) is 18.5 Å². The molecule has 1 unspecified atom stereocenters. The molecule has 25 heavy (non-hydrogen) atoms. The smallest absolute Gasteiger partial charge is 0.245 e. The van der Waals surface area contributed by atoms with Gasteiger partial charge in [-0.1, -0.05) is 30.3 Å². The first-order valence-electron chi connectivity index (χ1n) is 7.49. The monoisotopic (exact) mass is 367 g/mol. The van der Waals surface area contributed by atoms with Crippen molar-refractivity contribution in [2.24, 2.45) is 5.73 Å². The lowest BCUT2D eigenvalue weighted by atomic mass is 10.1. The first kappa shape index (κ1) is 20.6. The molecule has 0 fully saturated rings. The van der Waals surface area contributed by atoms with E-state index in [1.165, 1.54) is 10.9 Å². The van der Waals surface area contributed by atoms with Crippen LogP contribution < -0.4 is 16.4 Å². The summed E-state index contributed by atoms with van der Waals surface area (Å²) in [6, 6.07) is 8.31. The second-order valence-electron chi connectivity index (χ2n) is 5.15. The van der Waals surface area contributed by atoms with Crippen molar-refractivity contribution in [2.75, 3.05) is 25.6 Å². The fraction of sp³-hybridized carbons (Fsp3) is 0.312. The molecule has 136 valence electrons. The summed E-state index contributed by atoms with van der Waals surface area (Å²) in [6.45, 7) is 0.944. The van der Waals surface area contributed by atoms with E-state index in [1.807, 2.05) is 18.2 Å². The molecule has 0 aliphatic heterocycles. The molecule has 8 nitrogen and oxygen atoms in total. The quantitative estimate of drug-likeness (QED) is 0.595.